The van der Waals surface area contributed by atoms with Crippen LogP contribution < -0.4 is 14.8 Å². The molecule has 3 N–H and O–H groups in total. The number of aliphatic hydroxyl groups is 1. The number of sulfonamides is 1. The van der Waals surface area contributed by atoms with Crippen LogP contribution in [0.3, 0.4) is 0 Å². The molecule has 0 saturated heterocycles. The van der Waals surface area contributed by atoms with Crippen LogP contribution in [-0.4, -0.2) is 53.5 Å². The molecule has 1 aromatic carbocycles. The summed E-state index contributed by atoms with van der Waals surface area (Å²) in [6.07, 6.45) is 1.85. The maximum atomic E-state index is 14.4. The van der Waals surface area contributed by atoms with Crippen LogP contribution in [0.4, 0.5) is 16.3 Å². The first-order valence-electron chi connectivity index (χ1n) is 10.9. The summed E-state index contributed by atoms with van der Waals surface area (Å²) in [6, 6.07) is 4.50. The van der Waals surface area contributed by atoms with Gasteiger partial charge in [-0.1, -0.05) is 26.8 Å². The van der Waals surface area contributed by atoms with Crippen LogP contribution in [0.15, 0.2) is 18.2 Å². The number of halogens is 1. The first kappa shape index (κ1) is 26.7. The standard InChI is InChI=1S/C22H34FN5O4S/c1-13(2)9-17(12-29)24-21-25-20(26-22(27-21)28-33(6,30)31)10-15(5)16-7-8-19(18(23)11-16)32-14(3)4/h7-8,11,13-15,17,29H,9-10,12H2,1-6H3,(H2,24,25,26,27,28)/t15?,17-/m1/s1. The zero-order chi connectivity index (χ0) is 24.8. The number of nitrogens with one attached hydrogen (secondary N) is 2. The monoisotopic (exact) mass is 483 g/mol. The highest BCUT2D eigenvalue weighted by atomic mass is 32.2. The van der Waals surface area contributed by atoms with Crippen LogP contribution in [0.1, 0.15) is 58.3 Å². The summed E-state index contributed by atoms with van der Waals surface area (Å²) in [6.45, 7) is 9.47. The number of ether oxygens (including phenoxy) is 1. The number of benzene rings is 1. The molecule has 1 unspecified atom stereocenters. The molecule has 0 spiro atoms. The summed E-state index contributed by atoms with van der Waals surface area (Å²) in [5.41, 5.74) is 0.726. The molecular weight excluding hydrogens is 449 g/mol. The van der Waals surface area contributed by atoms with E-state index in [1.54, 1.807) is 12.1 Å². The molecule has 0 bridgehead atoms. The maximum Gasteiger partial charge on any atom is 0.241 e. The van der Waals surface area contributed by atoms with Crippen LogP contribution in [0.5, 0.6) is 5.75 Å². The molecule has 1 aromatic heterocycles. The number of aliphatic hydroxyl groups excluding tert-OH is 1. The Balaban J connectivity index is 2.29. The summed E-state index contributed by atoms with van der Waals surface area (Å²) in [5, 5.41) is 12.7. The van der Waals surface area contributed by atoms with E-state index in [-0.39, 0.29) is 42.3 Å². The van der Waals surface area contributed by atoms with Gasteiger partial charge in [0.05, 0.1) is 25.0 Å². The lowest BCUT2D eigenvalue weighted by Crippen LogP contribution is -2.27. The normalized spacial score (nSPS) is 13.8. The van der Waals surface area contributed by atoms with Crippen molar-refractivity contribution in [2.75, 3.05) is 22.9 Å². The van der Waals surface area contributed by atoms with Gasteiger partial charge in [0, 0.05) is 6.42 Å². The van der Waals surface area contributed by atoms with Gasteiger partial charge < -0.3 is 15.2 Å². The Morgan fingerprint density at radius 2 is 1.76 bits per heavy atom. The van der Waals surface area contributed by atoms with Crippen molar-refractivity contribution >= 4 is 21.9 Å². The van der Waals surface area contributed by atoms with E-state index in [1.807, 2.05) is 34.6 Å². The molecular formula is C22H34FN5O4S. The van der Waals surface area contributed by atoms with Crippen molar-refractivity contribution in [3.63, 3.8) is 0 Å². The van der Waals surface area contributed by atoms with Crippen molar-refractivity contribution in [2.45, 2.75) is 65.5 Å². The Kier molecular flexibility index (Phi) is 9.35. The second-order valence-corrected chi connectivity index (χ2v) is 10.6. The lowest BCUT2D eigenvalue weighted by Gasteiger charge is -2.19. The third kappa shape index (κ3) is 9.09. The van der Waals surface area contributed by atoms with Crippen molar-refractivity contribution < 1.29 is 22.7 Å². The smallest absolute Gasteiger partial charge is 0.241 e. The fraction of sp³-hybridized carbons (Fsp3) is 0.591. The highest BCUT2D eigenvalue weighted by molar-refractivity contribution is 7.91. The first-order chi connectivity index (χ1) is 15.4. The first-order valence-corrected chi connectivity index (χ1v) is 12.8. The van der Waals surface area contributed by atoms with Gasteiger partial charge >= 0.3 is 0 Å². The van der Waals surface area contributed by atoms with E-state index in [0.29, 0.717) is 24.6 Å². The molecule has 0 fully saturated rings. The van der Waals surface area contributed by atoms with Gasteiger partial charge in [-0.25, -0.2) is 12.8 Å². The third-order valence-electron chi connectivity index (χ3n) is 4.64. The minimum Gasteiger partial charge on any atom is -0.488 e. The highest BCUT2D eigenvalue weighted by Crippen LogP contribution is 2.26. The number of anilines is 2. The van der Waals surface area contributed by atoms with E-state index in [9.17, 15) is 17.9 Å². The van der Waals surface area contributed by atoms with Crippen molar-refractivity contribution in [3.8, 4) is 5.75 Å². The van der Waals surface area contributed by atoms with Crippen LogP contribution in [0.25, 0.3) is 0 Å². The predicted molar refractivity (Wildman–Crippen MR) is 127 cm³/mol. The number of nitrogens with zero attached hydrogens (tertiary/aromatic N) is 3. The van der Waals surface area contributed by atoms with Gasteiger partial charge in [0.1, 0.15) is 5.82 Å². The average Bonchev–Trinajstić information content (AvgIpc) is 2.66. The second-order valence-electron chi connectivity index (χ2n) is 8.89. The highest BCUT2D eigenvalue weighted by Gasteiger charge is 2.18. The van der Waals surface area contributed by atoms with Crippen LogP contribution in [0, 0.1) is 11.7 Å². The van der Waals surface area contributed by atoms with Crippen molar-refractivity contribution in [3.05, 3.63) is 35.4 Å². The Morgan fingerprint density at radius 3 is 2.30 bits per heavy atom. The number of hydrogen-bond acceptors (Lipinski definition) is 8. The average molecular weight is 484 g/mol. The van der Waals surface area contributed by atoms with E-state index >= 15 is 0 Å². The van der Waals surface area contributed by atoms with Crippen LogP contribution in [0.2, 0.25) is 0 Å². The minimum absolute atomic E-state index is 0.120. The Bertz CT molecular complexity index is 1030. The predicted octanol–water partition coefficient (Wildman–Crippen LogP) is 3.33. The lowest BCUT2D eigenvalue weighted by molar-refractivity contribution is 0.231. The molecule has 0 aliphatic rings. The van der Waals surface area contributed by atoms with E-state index < -0.39 is 15.8 Å². The van der Waals surface area contributed by atoms with Gasteiger partial charge in [0.15, 0.2) is 11.6 Å². The van der Waals surface area contributed by atoms with Crippen molar-refractivity contribution in [1.29, 1.82) is 0 Å². The van der Waals surface area contributed by atoms with Crippen molar-refractivity contribution in [2.24, 2.45) is 5.92 Å². The molecule has 0 radical (unpaired) electrons. The zero-order valence-electron chi connectivity index (χ0n) is 20.0. The molecule has 2 rings (SSSR count). The minimum atomic E-state index is -3.61. The molecule has 0 aliphatic heterocycles. The molecule has 0 saturated carbocycles. The van der Waals surface area contributed by atoms with Gasteiger partial charge in [0.25, 0.3) is 0 Å². The Hall–Kier alpha value is -2.53. The Labute approximate surface area is 195 Å². The third-order valence-corrected chi connectivity index (χ3v) is 5.20. The fourth-order valence-corrected chi connectivity index (χ4v) is 3.71. The van der Waals surface area contributed by atoms with E-state index in [0.717, 1.165) is 11.8 Å². The molecule has 33 heavy (non-hydrogen) atoms. The molecule has 9 nitrogen and oxygen atoms in total. The van der Waals surface area contributed by atoms with Gasteiger partial charge in [-0.15, -0.1) is 0 Å². The van der Waals surface area contributed by atoms with E-state index in [1.165, 1.54) is 6.07 Å². The topological polar surface area (TPSA) is 126 Å². The summed E-state index contributed by atoms with van der Waals surface area (Å²) in [7, 11) is -3.61. The quantitative estimate of drug-likeness (QED) is 0.420. The van der Waals surface area contributed by atoms with E-state index in [2.05, 4.69) is 25.0 Å². The largest absolute Gasteiger partial charge is 0.488 e. The van der Waals surface area contributed by atoms with E-state index in [4.69, 9.17) is 4.74 Å². The molecule has 2 atom stereocenters. The molecule has 184 valence electrons. The van der Waals surface area contributed by atoms with Gasteiger partial charge in [0.2, 0.25) is 21.9 Å². The van der Waals surface area contributed by atoms with Gasteiger partial charge in [-0.2, -0.15) is 15.0 Å². The van der Waals surface area contributed by atoms with Gasteiger partial charge in [-0.05, 0) is 49.8 Å². The summed E-state index contributed by atoms with van der Waals surface area (Å²) in [5.74, 6) is 0.253. The number of hydrogen-bond donors (Lipinski definition) is 3. The number of aromatic nitrogens is 3. The summed E-state index contributed by atoms with van der Waals surface area (Å²) in [4.78, 5) is 12.8. The molecule has 11 heteroatoms. The second kappa shape index (κ2) is 11.6. The molecule has 0 aliphatic carbocycles. The summed E-state index contributed by atoms with van der Waals surface area (Å²) >= 11 is 0. The summed E-state index contributed by atoms with van der Waals surface area (Å²) < 4.78 is 45.6. The fourth-order valence-electron chi connectivity index (χ4n) is 3.28. The molecule has 0 amide bonds. The van der Waals surface area contributed by atoms with Crippen LogP contribution in [-0.2, 0) is 16.4 Å². The molecule has 2 aromatic rings. The maximum absolute atomic E-state index is 14.4. The van der Waals surface area contributed by atoms with Crippen molar-refractivity contribution in [1.82, 2.24) is 15.0 Å². The van der Waals surface area contributed by atoms with Gasteiger partial charge in [-0.3, -0.25) is 4.72 Å². The number of rotatable bonds is 12. The SMILES string of the molecule is CC(C)C[C@H](CO)Nc1nc(CC(C)c2ccc(OC(C)C)c(F)c2)nc(NS(C)(=O)=O)n1. The lowest BCUT2D eigenvalue weighted by atomic mass is 9.97. The Morgan fingerprint density at radius 1 is 1.09 bits per heavy atom. The van der Waals surface area contributed by atoms with Crippen LogP contribution >= 0.6 is 0 Å². The zero-order valence-corrected chi connectivity index (χ0v) is 20.8. The molecule has 1 heterocycles.